The summed E-state index contributed by atoms with van der Waals surface area (Å²) in [5.41, 5.74) is 12.0. The number of carbonyl (C=O) groups is 2. The Morgan fingerprint density at radius 1 is 1.10 bits per heavy atom. The standard InChI is InChI=1S/C42H66N6O4/c1-24(2)15-32(23-46(8)9)44-40(50)30-16-29(17-33(18-30)47(10)11)34-14-12-13-28(25(34)3)22-48-39(38(27(5)49)37(21-43)52-48)41(51)45-36-20-31-19-35(26(36)4)42(31,6)7/h12-14,16-18,24,26-27,31-32,35-39,49H,15,19-23,43H2,1-11H3,(H,44,50)(H,45,51)/t26-,27-,31+,32+,35-,36-,37-,38+,39-/m0/s1. The van der Waals surface area contributed by atoms with Crippen molar-refractivity contribution in [1.29, 1.82) is 0 Å². The molecule has 1 heterocycles. The van der Waals surface area contributed by atoms with Crippen molar-refractivity contribution in [2.45, 2.75) is 105 Å². The molecule has 2 bridgehead atoms. The van der Waals surface area contributed by atoms with Crippen LogP contribution in [0.25, 0.3) is 11.1 Å². The van der Waals surface area contributed by atoms with Crippen LogP contribution in [0.5, 0.6) is 0 Å². The number of nitrogens with one attached hydrogen (secondary N) is 2. The van der Waals surface area contributed by atoms with Crippen LogP contribution in [0.15, 0.2) is 36.4 Å². The second-order valence-electron chi connectivity index (χ2n) is 17.6. The minimum Gasteiger partial charge on any atom is -0.393 e. The molecule has 2 aromatic rings. The first-order chi connectivity index (χ1) is 24.4. The fraction of sp³-hybridized carbons (Fsp3) is 0.667. The summed E-state index contributed by atoms with van der Waals surface area (Å²) < 4.78 is 0. The Kier molecular flexibility index (Phi) is 12.5. The number of hydrogen-bond acceptors (Lipinski definition) is 8. The van der Waals surface area contributed by atoms with Gasteiger partial charge in [0, 0.05) is 56.4 Å². The molecule has 4 aliphatic rings. The summed E-state index contributed by atoms with van der Waals surface area (Å²) in [6.07, 6.45) is 1.83. The van der Waals surface area contributed by atoms with Crippen molar-refractivity contribution in [3.63, 3.8) is 0 Å². The zero-order valence-electron chi connectivity index (χ0n) is 33.6. The van der Waals surface area contributed by atoms with Crippen molar-refractivity contribution in [2.75, 3.05) is 46.2 Å². The third-order valence-electron chi connectivity index (χ3n) is 12.6. The number of nitrogens with zero attached hydrogens (tertiary/aromatic N) is 3. The van der Waals surface area contributed by atoms with Gasteiger partial charge in [-0.25, -0.2) is 0 Å². The highest BCUT2D eigenvalue weighted by Gasteiger charge is 2.57. The van der Waals surface area contributed by atoms with E-state index in [9.17, 15) is 14.7 Å². The molecule has 1 saturated heterocycles. The number of amides is 2. The maximum absolute atomic E-state index is 14.3. The van der Waals surface area contributed by atoms with E-state index in [1.54, 1.807) is 12.0 Å². The molecule has 5 N–H and O–H groups in total. The van der Waals surface area contributed by atoms with Gasteiger partial charge in [0.15, 0.2) is 0 Å². The SMILES string of the molecule is Cc1c(CN2O[C@@H](CN)[C@@H]([C@H](C)O)[C@H]2C(=O)N[C@H]2C[C@H]3C[C@@H]([C@@H]2C)C3(C)C)cccc1-c1cc(C(=O)N[C@H](CC(C)C)CN(C)C)cc(N(C)C)c1. The fourth-order valence-corrected chi connectivity index (χ4v) is 9.48. The fourth-order valence-electron chi connectivity index (χ4n) is 9.48. The molecule has 10 nitrogen and oxygen atoms in total. The molecule has 10 heteroatoms. The van der Waals surface area contributed by atoms with E-state index in [1.807, 2.05) is 51.3 Å². The van der Waals surface area contributed by atoms with Gasteiger partial charge in [-0.3, -0.25) is 14.4 Å². The quantitative estimate of drug-likeness (QED) is 0.214. The van der Waals surface area contributed by atoms with Crippen LogP contribution < -0.4 is 21.3 Å². The molecule has 9 atom stereocenters. The molecule has 0 radical (unpaired) electrons. The molecule has 1 aliphatic heterocycles. The normalized spacial score (nSPS) is 28.0. The monoisotopic (exact) mass is 719 g/mol. The van der Waals surface area contributed by atoms with Gasteiger partial charge < -0.3 is 31.3 Å². The molecule has 6 rings (SSSR count). The average molecular weight is 719 g/mol. The van der Waals surface area contributed by atoms with Gasteiger partial charge in [-0.05, 0) is 117 Å². The molecule has 52 heavy (non-hydrogen) atoms. The zero-order valence-corrected chi connectivity index (χ0v) is 33.6. The summed E-state index contributed by atoms with van der Waals surface area (Å²) in [6.45, 7) is 16.5. The highest BCUT2D eigenvalue weighted by Crippen LogP contribution is 2.61. The number of likely N-dealkylation sites (N-methyl/N-ethyl adjacent to an activating group) is 1. The van der Waals surface area contributed by atoms with E-state index in [-0.39, 0.29) is 30.4 Å². The number of anilines is 1. The van der Waals surface area contributed by atoms with Gasteiger partial charge in [-0.2, -0.15) is 5.06 Å². The van der Waals surface area contributed by atoms with Crippen molar-refractivity contribution in [1.82, 2.24) is 20.6 Å². The van der Waals surface area contributed by atoms with Crippen LogP contribution in [-0.4, -0.2) is 98.5 Å². The smallest absolute Gasteiger partial charge is 0.251 e. The third kappa shape index (κ3) is 8.36. The van der Waals surface area contributed by atoms with Gasteiger partial charge in [0.05, 0.1) is 18.8 Å². The van der Waals surface area contributed by atoms with Gasteiger partial charge in [0.25, 0.3) is 5.91 Å². The number of fused-ring (bicyclic) bond motifs is 2. The summed E-state index contributed by atoms with van der Waals surface area (Å²) in [5, 5.41) is 19.5. The molecule has 0 spiro atoms. The lowest BCUT2D eigenvalue weighted by molar-refractivity contribution is -0.175. The van der Waals surface area contributed by atoms with Gasteiger partial charge in [0.1, 0.15) is 6.04 Å². The third-order valence-corrected chi connectivity index (χ3v) is 12.6. The number of nitrogens with two attached hydrogens (primary N) is 1. The summed E-state index contributed by atoms with van der Waals surface area (Å²) in [6, 6.07) is 11.6. The van der Waals surface area contributed by atoms with Crippen LogP contribution >= 0.6 is 0 Å². The Bertz CT molecular complexity index is 1560. The van der Waals surface area contributed by atoms with Crippen LogP contribution in [-0.2, 0) is 16.2 Å². The van der Waals surface area contributed by atoms with E-state index in [2.05, 4.69) is 75.3 Å². The second kappa shape index (κ2) is 16.1. The first-order valence-electron chi connectivity index (χ1n) is 19.4. The van der Waals surface area contributed by atoms with E-state index >= 15 is 0 Å². The summed E-state index contributed by atoms with van der Waals surface area (Å²) in [4.78, 5) is 38.6. The van der Waals surface area contributed by atoms with Crippen LogP contribution in [0.1, 0.15) is 82.3 Å². The number of aliphatic hydroxyl groups is 1. The van der Waals surface area contributed by atoms with E-state index in [0.717, 1.165) is 47.3 Å². The number of hydrogen-bond donors (Lipinski definition) is 4. The Labute approximate surface area is 312 Å². The minimum atomic E-state index is -0.783. The Morgan fingerprint density at radius 2 is 1.81 bits per heavy atom. The Hall–Kier alpha value is -3.02. The maximum atomic E-state index is 14.3. The topological polar surface area (TPSA) is 123 Å². The van der Waals surface area contributed by atoms with Crippen molar-refractivity contribution in [3.05, 3.63) is 53.1 Å². The maximum Gasteiger partial charge on any atom is 0.251 e. The van der Waals surface area contributed by atoms with E-state index in [1.165, 1.54) is 6.42 Å². The lowest BCUT2D eigenvalue weighted by atomic mass is 9.45. The number of aliphatic hydroxyl groups excluding tert-OH is 1. The molecule has 4 fully saturated rings. The van der Waals surface area contributed by atoms with Crippen molar-refractivity contribution >= 4 is 17.5 Å². The van der Waals surface area contributed by atoms with Crippen LogP contribution in [0.3, 0.4) is 0 Å². The molecule has 2 amide bonds. The van der Waals surface area contributed by atoms with Gasteiger partial charge in [-0.15, -0.1) is 0 Å². The molecule has 2 aromatic carbocycles. The first-order valence-corrected chi connectivity index (χ1v) is 19.4. The predicted octanol–water partition coefficient (Wildman–Crippen LogP) is 5.06. The van der Waals surface area contributed by atoms with Crippen LogP contribution in [0.2, 0.25) is 0 Å². The van der Waals surface area contributed by atoms with Gasteiger partial charge in [-0.1, -0.05) is 52.8 Å². The van der Waals surface area contributed by atoms with E-state index in [0.29, 0.717) is 41.2 Å². The van der Waals surface area contributed by atoms with Gasteiger partial charge >= 0.3 is 0 Å². The number of rotatable bonds is 14. The largest absolute Gasteiger partial charge is 0.393 e. The molecular formula is C42H66N6O4. The molecule has 3 saturated carbocycles. The Morgan fingerprint density at radius 3 is 2.38 bits per heavy atom. The minimum absolute atomic E-state index is 0.0336. The molecule has 0 unspecified atom stereocenters. The zero-order chi connectivity index (χ0) is 38.2. The van der Waals surface area contributed by atoms with E-state index in [4.69, 9.17) is 10.6 Å². The number of benzene rings is 2. The molecule has 0 aromatic heterocycles. The van der Waals surface area contributed by atoms with Crippen molar-refractivity contribution in [2.24, 2.45) is 40.7 Å². The highest BCUT2D eigenvalue weighted by atomic mass is 16.7. The van der Waals surface area contributed by atoms with E-state index < -0.39 is 24.2 Å². The van der Waals surface area contributed by atoms with Crippen molar-refractivity contribution < 1.29 is 19.5 Å². The average Bonchev–Trinajstić information content (AvgIpc) is 3.44. The second-order valence-corrected chi connectivity index (χ2v) is 17.6. The van der Waals surface area contributed by atoms with Crippen LogP contribution in [0.4, 0.5) is 5.69 Å². The Balaban J connectivity index is 1.42. The molecule has 3 aliphatic carbocycles. The molecule has 288 valence electrons. The summed E-state index contributed by atoms with van der Waals surface area (Å²) >= 11 is 0. The van der Waals surface area contributed by atoms with Gasteiger partial charge in [0.2, 0.25) is 5.91 Å². The summed E-state index contributed by atoms with van der Waals surface area (Å²) in [5.74, 6) is 1.38. The summed E-state index contributed by atoms with van der Waals surface area (Å²) in [7, 11) is 8.03. The van der Waals surface area contributed by atoms with Crippen LogP contribution in [0, 0.1) is 41.9 Å². The lowest BCUT2D eigenvalue weighted by Gasteiger charge is -2.62. The highest BCUT2D eigenvalue weighted by molar-refractivity contribution is 5.97. The molecular weight excluding hydrogens is 652 g/mol. The number of carbonyl (C=O) groups excluding carboxylic acids is 2. The number of hydroxylamine groups is 2. The first kappa shape index (κ1) is 40.2. The van der Waals surface area contributed by atoms with Crippen molar-refractivity contribution in [3.8, 4) is 11.1 Å². The lowest BCUT2D eigenvalue weighted by Crippen LogP contribution is -2.62. The predicted molar refractivity (Wildman–Crippen MR) is 210 cm³/mol.